The number of anilines is 2. The molecule has 1 aromatic carbocycles. The Morgan fingerprint density at radius 3 is 2.44 bits per heavy atom. The van der Waals surface area contributed by atoms with Crippen LogP contribution < -0.4 is 19.7 Å². The summed E-state index contributed by atoms with van der Waals surface area (Å²) in [6.07, 6.45) is 1.36. The summed E-state index contributed by atoms with van der Waals surface area (Å²) in [7, 11) is -2.57. The largest absolute Gasteiger partial charge is 0.446 e. The van der Waals surface area contributed by atoms with Gasteiger partial charge in [0.2, 0.25) is 0 Å². The highest BCUT2D eigenvalue weighted by Crippen LogP contribution is 2.37. The van der Waals surface area contributed by atoms with Gasteiger partial charge in [0.1, 0.15) is 11.9 Å². The number of aromatic nitrogens is 1. The van der Waals surface area contributed by atoms with Gasteiger partial charge in [-0.3, -0.25) is 9.52 Å². The van der Waals surface area contributed by atoms with E-state index in [2.05, 4.69) is 19.7 Å². The Balaban J connectivity index is 1.78. The molecule has 0 saturated carbocycles. The van der Waals surface area contributed by atoms with Crippen LogP contribution in [0, 0.1) is 0 Å². The summed E-state index contributed by atoms with van der Waals surface area (Å²) in [5.41, 5.74) is -3.79. The van der Waals surface area contributed by atoms with Crippen LogP contribution in [0.25, 0.3) is 0 Å². The minimum Gasteiger partial charge on any atom is -0.325 e. The van der Waals surface area contributed by atoms with Crippen molar-refractivity contribution in [3.8, 4) is 0 Å². The third kappa shape index (κ3) is 5.49. The van der Waals surface area contributed by atoms with Gasteiger partial charge in [0.05, 0.1) is 5.69 Å². The highest BCUT2D eigenvalue weighted by atomic mass is 32.2. The Morgan fingerprint density at radius 1 is 1.19 bits per heavy atom. The van der Waals surface area contributed by atoms with Crippen molar-refractivity contribution < 1.29 is 31.2 Å². The first-order valence-electron chi connectivity index (χ1n) is 9.08. The molecule has 172 valence electrons. The third-order valence-electron chi connectivity index (χ3n) is 4.61. The SMILES string of the molecule is CNS(=O)(=O)Nc1cc(C(C)C2NC(=O)N(c3ccc(SC(F)(F)F)cc3)C2=O)ccn1. The van der Waals surface area contributed by atoms with E-state index < -0.39 is 39.6 Å². The molecule has 14 heteroatoms. The van der Waals surface area contributed by atoms with Gasteiger partial charge in [-0.1, -0.05) is 6.92 Å². The maximum absolute atomic E-state index is 12.9. The summed E-state index contributed by atoms with van der Waals surface area (Å²) < 4.78 is 65.1. The zero-order valence-electron chi connectivity index (χ0n) is 16.7. The summed E-state index contributed by atoms with van der Waals surface area (Å²) in [6.45, 7) is 1.67. The second-order valence-electron chi connectivity index (χ2n) is 6.72. The van der Waals surface area contributed by atoms with Gasteiger partial charge >= 0.3 is 11.5 Å². The van der Waals surface area contributed by atoms with E-state index in [1.807, 2.05) is 0 Å². The minimum absolute atomic E-state index is 0.0232. The van der Waals surface area contributed by atoms with E-state index in [0.717, 1.165) is 4.90 Å². The molecule has 0 radical (unpaired) electrons. The lowest BCUT2D eigenvalue weighted by Crippen LogP contribution is -2.35. The van der Waals surface area contributed by atoms with Crippen LogP contribution in [0.4, 0.5) is 29.5 Å². The number of amides is 3. The highest BCUT2D eigenvalue weighted by Gasteiger charge is 2.42. The van der Waals surface area contributed by atoms with E-state index in [-0.39, 0.29) is 28.2 Å². The number of nitrogens with one attached hydrogen (secondary N) is 3. The summed E-state index contributed by atoms with van der Waals surface area (Å²) in [5, 5.41) is 2.56. The molecular weight excluding hydrogens is 471 g/mol. The number of pyridine rings is 1. The van der Waals surface area contributed by atoms with Crippen molar-refractivity contribution in [2.24, 2.45) is 0 Å². The predicted octanol–water partition coefficient (Wildman–Crippen LogP) is 2.80. The molecule has 3 amide bonds. The average Bonchev–Trinajstić information content (AvgIpc) is 3.01. The molecule has 0 spiro atoms. The standard InChI is InChI=1S/C18H18F3N5O4S2/c1-10(11-7-8-23-14(9-11)25-32(29,30)22-2)15-16(27)26(17(28)24-15)12-3-5-13(6-4-12)31-18(19,20)21/h3-10,15,22H,1-2H3,(H,23,25)(H,24,28). The van der Waals surface area contributed by atoms with Crippen molar-refractivity contribution in [1.29, 1.82) is 0 Å². The molecule has 1 aliphatic rings. The van der Waals surface area contributed by atoms with Gasteiger partial charge in [-0.05, 0) is 53.7 Å². The molecule has 2 unspecified atom stereocenters. The number of carbonyl (C=O) groups excluding carboxylic acids is 2. The quantitative estimate of drug-likeness (QED) is 0.406. The molecule has 1 aromatic heterocycles. The number of halogens is 3. The summed E-state index contributed by atoms with van der Waals surface area (Å²) in [5.74, 6) is -1.12. The van der Waals surface area contributed by atoms with Crippen LogP contribution in [0.1, 0.15) is 18.4 Å². The number of hydrogen-bond acceptors (Lipinski definition) is 6. The molecule has 32 heavy (non-hydrogen) atoms. The van der Waals surface area contributed by atoms with Gasteiger partial charge in [-0.25, -0.2) is 19.4 Å². The summed E-state index contributed by atoms with van der Waals surface area (Å²) >= 11 is -0.300. The lowest BCUT2D eigenvalue weighted by atomic mass is 9.94. The van der Waals surface area contributed by atoms with E-state index in [4.69, 9.17) is 0 Å². The lowest BCUT2D eigenvalue weighted by molar-refractivity contribution is -0.118. The smallest absolute Gasteiger partial charge is 0.325 e. The van der Waals surface area contributed by atoms with Crippen LogP contribution in [0.2, 0.25) is 0 Å². The third-order valence-corrected chi connectivity index (χ3v) is 6.37. The number of hydrogen-bond donors (Lipinski definition) is 3. The van der Waals surface area contributed by atoms with Gasteiger partial charge in [-0.2, -0.15) is 21.6 Å². The number of carbonyl (C=O) groups is 2. The first-order chi connectivity index (χ1) is 14.9. The van der Waals surface area contributed by atoms with Crippen LogP contribution in [-0.2, 0) is 15.0 Å². The average molecular weight is 490 g/mol. The van der Waals surface area contributed by atoms with Crippen molar-refractivity contribution in [2.45, 2.75) is 29.3 Å². The molecule has 3 rings (SSSR count). The second-order valence-corrected chi connectivity index (χ2v) is 9.47. The molecule has 1 saturated heterocycles. The summed E-state index contributed by atoms with van der Waals surface area (Å²) in [4.78, 5) is 30.1. The van der Waals surface area contributed by atoms with E-state index in [9.17, 15) is 31.2 Å². The number of urea groups is 1. The Hall–Kier alpha value is -2.84. The van der Waals surface area contributed by atoms with Gasteiger partial charge < -0.3 is 5.32 Å². The van der Waals surface area contributed by atoms with Gasteiger partial charge in [0.25, 0.3) is 16.1 Å². The number of thioether (sulfide) groups is 1. The van der Waals surface area contributed by atoms with Crippen LogP contribution >= 0.6 is 11.8 Å². The van der Waals surface area contributed by atoms with Gasteiger partial charge in [-0.15, -0.1) is 0 Å². The molecular formula is C18H18F3N5O4S2. The van der Waals surface area contributed by atoms with Crippen molar-refractivity contribution in [2.75, 3.05) is 16.7 Å². The number of benzene rings is 1. The second kappa shape index (κ2) is 8.96. The van der Waals surface area contributed by atoms with E-state index >= 15 is 0 Å². The topological polar surface area (TPSA) is 121 Å². The van der Waals surface area contributed by atoms with Crippen molar-refractivity contribution in [1.82, 2.24) is 15.0 Å². The molecule has 9 nitrogen and oxygen atoms in total. The van der Waals surface area contributed by atoms with Gasteiger partial charge in [0.15, 0.2) is 0 Å². The van der Waals surface area contributed by atoms with Crippen molar-refractivity contribution in [3.63, 3.8) is 0 Å². The molecule has 1 fully saturated rings. The predicted molar refractivity (Wildman–Crippen MR) is 112 cm³/mol. The van der Waals surface area contributed by atoms with E-state index in [0.29, 0.717) is 5.56 Å². The van der Waals surface area contributed by atoms with Crippen LogP contribution in [0.15, 0.2) is 47.5 Å². The molecule has 2 aromatic rings. The Kier molecular flexibility index (Phi) is 6.67. The van der Waals surface area contributed by atoms with E-state index in [1.165, 1.54) is 43.6 Å². The van der Waals surface area contributed by atoms with Gasteiger partial charge in [0, 0.05) is 24.1 Å². The van der Waals surface area contributed by atoms with Crippen molar-refractivity contribution >= 4 is 45.4 Å². The van der Waals surface area contributed by atoms with Crippen LogP contribution in [0.3, 0.4) is 0 Å². The fraction of sp³-hybridized carbons (Fsp3) is 0.278. The maximum atomic E-state index is 12.9. The number of alkyl halides is 3. The van der Waals surface area contributed by atoms with Crippen LogP contribution in [0.5, 0.6) is 0 Å². The lowest BCUT2D eigenvalue weighted by Gasteiger charge is -2.19. The molecule has 2 heterocycles. The number of nitrogens with zero attached hydrogens (tertiary/aromatic N) is 2. The Labute approximate surface area is 186 Å². The number of rotatable bonds is 7. The molecule has 0 bridgehead atoms. The molecule has 2 atom stereocenters. The normalized spacial score (nSPS) is 17.9. The Bertz CT molecular complexity index is 1130. The minimum atomic E-state index is -4.45. The van der Waals surface area contributed by atoms with E-state index in [1.54, 1.807) is 13.0 Å². The molecule has 3 N–H and O–H groups in total. The monoisotopic (exact) mass is 489 g/mol. The first kappa shape index (κ1) is 23.8. The summed E-state index contributed by atoms with van der Waals surface area (Å²) in [6, 6.07) is 6.20. The molecule has 1 aliphatic heterocycles. The fourth-order valence-corrected chi connectivity index (χ4v) is 4.07. The molecule has 0 aliphatic carbocycles. The zero-order chi connectivity index (χ0) is 23.7. The first-order valence-corrected chi connectivity index (χ1v) is 11.4. The Morgan fingerprint density at radius 2 is 1.84 bits per heavy atom. The van der Waals surface area contributed by atoms with Crippen LogP contribution in [-0.4, -0.2) is 43.9 Å². The fourth-order valence-electron chi connectivity index (χ4n) is 3.05. The number of imide groups is 1. The van der Waals surface area contributed by atoms with Crippen molar-refractivity contribution in [3.05, 3.63) is 48.2 Å². The highest BCUT2D eigenvalue weighted by molar-refractivity contribution is 8.00. The zero-order valence-corrected chi connectivity index (χ0v) is 18.3. The maximum Gasteiger partial charge on any atom is 0.446 e.